The number of sulfonamides is 1. The highest BCUT2D eigenvalue weighted by atomic mass is 35.5. The van der Waals surface area contributed by atoms with Gasteiger partial charge in [-0.15, -0.1) is 0 Å². The SMILES string of the molecule is CC1CNCCN1S(=O)(=O)c1ncccc1Cl. The topological polar surface area (TPSA) is 62.3 Å². The summed E-state index contributed by atoms with van der Waals surface area (Å²) in [5.74, 6) is 0. The van der Waals surface area contributed by atoms with Gasteiger partial charge in [0.25, 0.3) is 10.0 Å². The molecule has 1 saturated heterocycles. The molecule has 0 spiro atoms. The predicted octanol–water partition coefficient (Wildman–Crippen LogP) is 0.717. The third-order valence-corrected chi connectivity index (χ3v) is 5.11. The maximum Gasteiger partial charge on any atom is 0.262 e. The summed E-state index contributed by atoms with van der Waals surface area (Å²) < 4.78 is 26.2. The number of aromatic nitrogens is 1. The lowest BCUT2D eigenvalue weighted by Gasteiger charge is -2.32. The molecule has 5 nitrogen and oxygen atoms in total. The average Bonchev–Trinajstić information content (AvgIpc) is 2.29. The normalized spacial score (nSPS) is 22.6. The van der Waals surface area contributed by atoms with Crippen LogP contribution >= 0.6 is 11.6 Å². The number of halogens is 1. The number of pyridine rings is 1. The van der Waals surface area contributed by atoms with Gasteiger partial charge in [0.05, 0.1) is 5.02 Å². The first-order chi connectivity index (χ1) is 8.03. The number of hydrogen-bond acceptors (Lipinski definition) is 4. The zero-order valence-corrected chi connectivity index (χ0v) is 11.0. The molecule has 1 N–H and O–H groups in total. The monoisotopic (exact) mass is 275 g/mol. The van der Waals surface area contributed by atoms with Crippen LogP contribution in [0, 0.1) is 0 Å². The first-order valence-electron chi connectivity index (χ1n) is 5.36. The Balaban J connectivity index is 2.39. The number of piperazine rings is 1. The maximum atomic E-state index is 12.4. The highest BCUT2D eigenvalue weighted by Gasteiger charge is 2.33. The average molecular weight is 276 g/mol. The standard InChI is InChI=1S/C10H14ClN3O2S/c1-8-7-12-5-6-14(8)17(15,16)10-9(11)3-2-4-13-10/h2-4,8,12H,5-7H2,1H3. The van der Waals surface area contributed by atoms with Gasteiger partial charge in [-0.3, -0.25) is 0 Å². The molecule has 7 heteroatoms. The molecule has 0 radical (unpaired) electrons. The lowest BCUT2D eigenvalue weighted by atomic mass is 10.3. The summed E-state index contributed by atoms with van der Waals surface area (Å²) in [6.07, 6.45) is 1.44. The van der Waals surface area contributed by atoms with Crippen LogP contribution in [0.4, 0.5) is 0 Å². The molecule has 1 fully saturated rings. The van der Waals surface area contributed by atoms with E-state index >= 15 is 0 Å². The lowest BCUT2D eigenvalue weighted by Crippen LogP contribution is -2.52. The van der Waals surface area contributed by atoms with E-state index in [9.17, 15) is 8.42 Å². The molecule has 0 amide bonds. The van der Waals surface area contributed by atoms with Crippen LogP contribution in [0.15, 0.2) is 23.4 Å². The van der Waals surface area contributed by atoms with Crippen LogP contribution in [0.3, 0.4) is 0 Å². The molecule has 1 atom stereocenters. The Morgan fingerprint density at radius 3 is 3.00 bits per heavy atom. The Kier molecular flexibility index (Phi) is 3.67. The minimum Gasteiger partial charge on any atom is -0.314 e. The fourth-order valence-electron chi connectivity index (χ4n) is 1.85. The van der Waals surface area contributed by atoms with Crippen molar-refractivity contribution >= 4 is 21.6 Å². The highest BCUT2D eigenvalue weighted by Crippen LogP contribution is 2.23. The smallest absolute Gasteiger partial charge is 0.262 e. The van der Waals surface area contributed by atoms with Crippen LogP contribution in [0.2, 0.25) is 5.02 Å². The van der Waals surface area contributed by atoms with Gasteiger partial charge in [0.1, 0.15) is 0 Å². The van der Waals surface area contributed by atoms with Gasteiger partial charge < -0.3 is 5.32 Å². The van der Waals surface area contributed by atoms with Gasteiger partial charge in [-0.2, -0.15) is 4.31 Å². The zero-order valence-electron chi connectivity index (χ0n) is 9.43. The van der Waals surface area contributed by atoms with Crippen LogP contribution in [0.25, 0.3) is 0 Å². The highest BCUT2D eigenvalue weighted by molar-refractivity contribution is 7.89. The van der Waals surface area contributed by atoms with Crippen LogP contribution in [-0.4, -0.2) is 43.4 Å². The van der Waals surface area contributed by atoms with Gasteiger partial charge in [-0.1, -0.05) is 11.6 Å². The van der Waals surface area contributed by atoms with Crippen LogP contribution in [-0.2, 0) is 10.0 Å². The molecule has 1 aromatic rings. The van der Waals surface area contributed by atoms with Crippen molar-refractivity contribution in [3.63, 3.8) is 0 Å². The first-order valence-corrected chi connectivity index (χ1v) is 7.18. The maximum absolute atomic E-state index is 12.4. The van der Waals surface area contributed by atoms with E-state index in [0.29, 0.717) is 19.6 Å². The van der Waals surface area contributed by atoms with Crippen molar-refractivity contribution in [3.8, 4) is 0 Å². The minimum absolute atomic E-state index is 0.0598. The number of nitrogens with one attached hydrogen (secondary N) is 1. The van der Waals surface area contributed by atoms with E-state index in [1.54, 1.807) is 6.07 Å². The molecule has 0 bridgehead atoms. The molecule has 0 aliphatic carbocycles. The molecule has 2 heterocycles. The van der Waals surface area contributed by atoms with Gasteiger partial charge >= 0.3 is 0 Å². The van der Waals surface area contributed by atoms with Crippen molar-refractivity contribution in [1.82, 2.24) is 14.6 Å². The van der Waals surface area contributed by atoms with Gasteiger partial charge in [0.2, 0.25) is 0 Å². The van der Waals surface area contributed by atoms with Gasteiger partial charge in [0, 0.05) is 31.9 Å². The molecular weight excluding hydrogens is 262 g/mol. The number of rotatable bonds is 2. The first kappa shape index (κ1) is 12.8. The van der Waals surface area contributed by atoms with E-state index in [1.807, 2.05) is 6.92 Å². The van der Waals surface area contributed by atoms with E-state index in [-0.39, 0.29) is 16.1 Å². The Morgan fingerprint density at radius 2 is 2.35 bits per heavy atom. The van der Waals surface area contributed by atoms with Crippen LogP contribution in [0.5, 0.6) is 0 Å². The molecule has 1 unspecified atom stereocenters. The van der Waals surface area contributed by atoms with Gasteiger partial charge in [-0.05, 0) is 19.1 Å². The quantitative estimate of drug-likeness (QED) is 0.864. The number of nitrogens with zero attached hydrogens (tertiary/aromatic N) is 2. The Hall–Kier alpha value is -0.690. The van der Waals surface area contributed by atoms with E-state index in [0.717, 1.165) is 0 Å². The van der Waals surface area contributed by atoms with Crippen molar-refractivity contribution in [2.75, 3.05) is 19.6 Å². The van der Waals surface area contributed by atoms with Crippen molar-refractivity contribution in [2.24, 2.45) is 0 Å². The van der Waals surface area contributed by atoms with Crippen molar-refractivity contribution in [2.45, 2.75) is 18.0 Å². The second-order valence-electron chi connectivity index (χ2n) is 3.96. The zero-order chi connectivity index (χ0) is 12.5. The van der Waals surface area contributed by atoms with Crippen molar-refractivity contribution in [1.29, 1.82) is 0 Å². The van der Waals surface area contributed by atoms with E-state index < -0.39 is 10.0 Å². The van der Waals surface area contributed by atoms with E-state index in [2.05, 4.69) is 10.3 Å². The Labute approximate surface area is 106 Å². The van der Waals surface area contributed by atoms with Crippen molar-refractivity contribution in [3.05, 3.63) is 23.4 Å². The van der Waals surface area contributed by atoms with E-state index in [1.165, 1.54) is 16.6 Å². The molecule has 2 rings (SSSR count). The number of hydrogen-bond donors (Lipinski definition) is 1. The fourth-order valence-corrected chi connectivity index (χ4v) is 3.88. The van der Waals surface area contributed by atoms with Crippen LogP contribution < -0.4 is 5.32 Å². The summed E-state index contributed by atoms with van der Waals surface area (Å²) in [6, 6.07) is 3.06. The van der Waals surface area contributed by atoms with E-state index in [4.69, 9.17) is 11.6 Å². The summed E-state index contributed by atoms with van der Waals surface area (Å²) in [5, 5.41) is 3.25. The second-order valence-corrected chi connectivity index (χ2v) is 6.17. The predicted molar refractivity (Wildman–Crippen MR) is 65.5 cm³/mol. The summed E-state index contributed by atoms with van der Waals surface area (Å²) in [6.45, 7) is 3.59. The van der Waals surface area contributed by atoms with Gasteiger partial charge in [-0.25, -0.2) is 13.4 Å². The Bertz CT molecular complexity index is 506. The summed E-state index contributed by atoms with van der Waals surface area (Å²) in [4.78, 5) is 3.88. The third-order valence-electron chi connectivity index (χ3n) is 2.72. The largest absolute Gasteiger partial charge is 0.314 e. The van der Waals surface area contributed by atoms with Gasteiger partial charge in [0.15, 0.2) is 5.03 Å². The molecule has 0 saturated carbocycles. The minimum atomic E-state index is -3.59. The molecular formula is C10H14ClN3O2S. The summed E-state index contributed by atoms with van der Waals surface area (Å²) >= 11 is 5.89. The molecule has 94 valence electrons. The fraction of sp³-hybridized carbons (Fsp3) is 0.500. The van der Waals surface area contributed by atoms with Crippen molar-refractivity contribution < 1.29 is 8.42 Å². The lowest BCUT2D eigenvalue weighted by molar-refractivity contribution is 0.283. The summed E-state index contributed by atoms with van der Waals surface area (Å²) in [5.41, 5.74) is 0. The molecule has 1 aromatic heterocycles. The van der Waals surface area contributed by atoms with Crippen LogP contribution in [0.1, 0.15) is 6.92 Å². The third kappa shape index (κ3) is 2.44. The molecule has 1 aliphatic heterocycles. The second kappa shape index (κ2) is 4.89. The molecule has 1 aliphatic rings. The molecule has 0 aromatic carbocycles. The summed E-state index contributed by atoms with van der Waals surface area (Å²) in [7, 11) is -3.59. The molecule has 17 heavy (non-hydrogen) atoms. The Morgan fingerprint density at radius 1 is 1.59 bits per heavy atom.